The van der Waals surface area contributed by atoms with Gasteiger partial charge in [0.15, 0.2) is 0 Å². The van der Waals surface area contributed by atoms with Gasteiger partial charge in [-0.25, -0.2) is 0 Å². The number of nitrogens with zero attached hydrogens (tertiary/aromatic N) is 2. The molecule has 2 aromatic rings. The van der Waals surface area contributed by atoms with Gasteiger partial charge < -0.3 is 10.5 Å². The summed E-state index contributed by atoms with van der Waals surface area (Å²) in [6, 6.07) is 8.29. The Morgan fingerprint density at radius 1 is 1.30 bits per heavy atom. The maximum Gasteiger partial charge on any atom is 0.123 e. The van der Waals surface area contributed by atoms with Gasteiger partial charge in [-0.3, -0.25) is 4.68 Å². The third kappa shape index (κ3) is 3.84. The van der Waals surface area contributed by atoms with Crippen LogP contribution in [-0.2, 0) is 19.6 Å². The van der Waals surface area contributed by atoms with Gasteiger partial charge >= 0.3 is 0 Å². The van der Waals surface area contributed by atoms with Crippen LogP contribution in [0.2, 0.25) is 0 Å². The zero-order valence-corrected chi connectivity index (χ0v) is 12.2. The molecule has 0 amide bonds. The molecule has 2 rings (SSSR count). The fraction of sp³-hybridized carbons (Fsp3) is 0.438. The first-order valence-corrected chi connectivity index (χ1v) is 7.20. The van der Waals surface area contributed by atoms with Crippen molar-refractivity contribution in [2.45, 2.75) is 45.9 Å². The van der Waals surface area contributed by atoms with Gasteiger partial charge in [-0.1, -0.05) is 25.1 Å². The van der Waals surface area contributed by atoms with Gasteiger partial charge in [0.2, 0.25) is 0 Å². The van der Waals surface area contributed by atoms with E-state index in [2.05, 4.69) is 25.0 Å². The first kappa shape index (κ1) is 14.6. The van der Waals surface area contributed by atoms with Crippen molar-refractivity contribution in [3.8, 4) is 5.75 Å². The zero-order chi connectivity index (χ0) is 14.4. The van der Waals surface area contributed by atoms with E-state index in [0.29, 0.717) is 6.61 Å². The van der Waals surface area contributed by atoms with Crippen LogP contribution in [0.3, 0.4) is 0 Å². The lowest BCUT2D eigenvalue weighted by Gasteiger charge is -2.13. The van der Waals surface area contributed by atoms with Crippen LogP contribution in [0.1, 0.15) is 31.4 Å². The summed E-state index contributed by atoms with van der Waals surface area (Å²) in [6.45, 7) is 5.59. The standard InChI is InChI=1S/C16H23N3O/c1-3-15(17)9-14-7-5-6-8-16(14)20-12-13-10-18-19(4-2)11-13/h5-8,10-11,15H,3-4,9,12,17H2,1-2H3. The number of nitrogens with two attached hydrogens (primary N) is 1. The molecule has 0 aliphatic heterocycles. The molecule has 20 heavy (non-hydrogen) atoms. The highest BCUT2D eigenvalue weighted by Gasteiger charge is 2.08. The quantitative estimate of drug-likeness (QED) is 0.844. The second-order valence-electron chi connectivity index (χ2n) is 4.97. The van der Waals surface area contributed by atoms with Crippen LogP contribution in [0, 0.1) is 0 Å². The Hall–Kier alpha value is -1.81. The van der Waals surface area contributed by atoms with Crippen molar-refractivity contribution in [1.82, 2.24) is 9.78 Å². The van der Waals surface area contributed by atoms with Crippen molar-refractivity contribution in [3.05, 3.63) is 47.8 Å². The fourth-order valence-electron chi connectivity index (χ4n) is 2.06. The van der Waals surface area contributed by atoms with E-state index in [9.17, 15) is 0 Å². The molecule has 1 aromatic carbocycles. The molecule has 1 aromatic heterocycles. The van der Waals surface area contributed by atoms with Crippen LogP contribution >= 0.6 is 0 Å². The van der Waals surface area contributed by atoms with Gasteiger partial charge in [0, 0.05) is 24.3 Å². The van der Waals surface area contributed by atoms with E-state index in [1.807, 2.05) is 35.3 Å². The minimum atomic E-state index is 0.183. The van der Waals surface area contributed by atoms with E-state index >= 15 is 0 Å². The van der Waals surface area contributed by atoms with E-state index < -0.39 is 0 Å². The molecule has 0 saturated heterocycles. The maximum absolute atomic E-state index is 6.03. The van der Waals surface area contributed by atoms with Crippen LogP contribution in [-0.4, -0.2) is 15.8 Å². The molecule has 4 nitrogen and oxygen atoms in total. The number of rotatable bonds is 7. The summed E-state index contributed by atoms with van der Waals surface area (Å²) in [5.41, 5.74) is 8.29. The number of ether oxygens (including phenoxy) is 1. The van der Waals surface area contributed by atoms with Gasteiger partial charge in [-0.05, 0) is 31.4 Å². The first-order valence-electron chi connectivity index (χ1n) is 7.20. The van der Waals surface area contributed by atoms with Gasteiger partial charge in [0.1, 0.15) is 12.4 Å². The SMILES string of the molecule is CCC(N)Cc1ccccc1OCc1cnn(CC)c1. The average molecular weight is 273 g/mol. The summed E-state index contributed by atoms with van der Waals surface area (Å²) < 4.78 is 7.82. The van der Waals surface area contributed by atoms with E-state index in [1.54, 1.807) is 0 Å². The number of hydrogen-bond donors (Lipinski definition) is 1. The van der Waals surface area contributed by atoms with Gasteiger partial charge in [-0.15, -0.1) is 0 Å². The summed E-state index contributed by atoms with van der Waals surface area (Å²) in [5, 5.41) is 4.25. The van der Waals surface area contributed by atoms with Crippen LogP contribution in [0.5, 0.6) is 5.75 Å². The maximum atomic E-state index is 6.03. The van der Waals surface area contributed by atoms with Crippen LogP contribution in [0.4, 0.5) is 0 Å². The Kier molecular flexibility index (Phi) is 5.18. The molecule has 4 heteroatoms. The molecule has 0 radical (unpaired) electrons. The molecule has 108 valence electrons. The molecule has 0 saturated carbocycles. The summed E-state index contributed by atoms with van der Waals surface area (Å²) in [6.07, 6.45) is 5.68. The highest BCUT2D eigenvalue weighted by Crippen LogP contribution is 2.21. The van der Waals surface area contributed by atoms with Crippen molar-refractivity contribution in [1.29, 1.82) is 0 Å². The van der Waals surface area contributed by atoms with E-state index in [4.69, 9.17) is 10.5 Å². The summed E-state index contributed by atoms with van der Waals surface area (Å²) in [7, 11) is 0. The van der Waals surface area contributed by atoms with E-state index in [1.165, 1.54) is 5.56 Å². The van der Waals surface area contributed by atoms with Crippen molar-refractivity contribution >= 4 is 0 Å². The molecule has 0 aliphatic rings. The number of hydrogen-bond acceptors (Lipinski definition) is 3. The fourth-order valence-corrected chi connectivity index (χ4v) is 2.06. The van der Waals surface area contributed by atoms with E-state index in [0.717, 1.165) is 30.7 Å². The van der Waals surface area contributed by atoms with Crippen molar-refractivity contribution in [3.63, 3.8) is 0 Å². The topological polar surface area (TPSA) is 53.1 Å². The average Bonchev–Trinajstić information content (AvgIpc) is 2.94. The lowest BCUT2D eigenvalue weighted by molar-refractivity contribution is 0.302. The van der Waals surface area contributed by atoms with Crippen molar-refractivity contribution in [2.75, 3.05) is 0 Å². The summed E-state index contributed by atoms with van der Waals surface area (Å²) >= 11 is 0. The molecule has 1 heterocycles. The summed E-state index contributed by atoms with van der Waals surface area (Å²) in [5.74, 6) is 0.917. The highest BCUT2D eigenvalue weighted by molar-refractivity contribution is 5.34. The minimum absolute atomic E-state index is 0.183. The third-order valence-corrected chi connectivity index (χ3v) is 3.38. The molecule has 1 unspecified atom stereocenters. The third-order valence-electron chi connectivity index (χ3n) is 3.38. The minimum Gasteiger partial charge on any atom is -0.489 e. The first-order chi connectivity index (χ1) is 9.72. The van der Waals surface area contributed by atoms with E-state index in [-0.39, 0.29) is 6.04 Å². The number of para-hydroxylation sites is 1. The van der Waals surface area contributed by atoms with Crippen molar-refractivity contribution in [2.24, 2.45) is 5.73 Å². The molecule has 0 aliphatic carbocycles. The van der Waals surface area contributed by atoms with Gasteiger partial charge in [-0.2, -0.15) is 5.10 Å². The molecule has 0 fully saturated rings. The normalized spacial score (nSPS) is 12.3. The lowest BCUT2D eigenvalue weighted by atomic mass is 10.0. The molecule has 0 bridgehead atoms. The molecule has 1 atom stereocenters. The highest BCUT2D eigenvalue weighted by atomic mass is 16.5. The Morgan fingerprint density at radius 3 is 2.80 bits per heavy atom. The Morgan fingerprint density at radius 2 is 2.10 bits per heavy atom. The predicted molar refractivity (Wildman–Crippen MR) is 80.6 cm³/mol. The zero-order valence-electron chi connectivity index (χ0n) is 12.2. The second kappa shape index (κ2) is 7.10. The molecular formula is C16H23N3O. The van der Waals surface area contributed by atoms with Crippen LogP contribution in [0.25, 0.3) is 0 Å². The van der Waals surface area contributed by atoms with Gasteiger partial charge in [0.05, 0.1) is 6.20 Å². The smallest absolute Gasteiger partial charge is 0.123 e. The number of aromatic nitrogens is 2. The molecule has 2 N–H and O–H groups in total. The lowest BCUT2D eigenvalue weighted by Crippen LogP contribution is -2.21. The number of benzene rings is 1. The van der Waals surface area contributed by atoms with Gasteiger partial charge in [0.25, 0.3) is 0 Å². The second-order valence-corrected chi connectivity index (χ2v) is 4.97. The van der Waals surface area contributed by atoms with Crippen LogP contribution < -0.4 is 10.5 Å². The van der Waals surface area contributed by atoms with Crippen LogP contribution in [0.15, 0.2) is 36.7 Å². The Balaban J connectivity index is 2.01. The Labute approximate surface area is 120 Å². The largest absolute Gasteiger partial charge is 0.489 e. The number of aryl methyl sites for hydroxylation is 1. The monoisotopic (exact) mass is 273 g/mol. The molecular weight excluding hydrogens is 250 g/mol. The Bertz CT molecular complexity index is 536. The van der Waals surface area contributed by atoms with Crippen molar-refractivity contribution < 1.29 is 4.74 Å². The summed E-state index contributed by atoms with van der Waals surface area (Å²) in [4.78, 5) is 0. The molecule has 0 spiro atoms. The predicted octanol–water partition coefficient (Wildman–Crippen LogP) is 2.76.